The normalized spacial score (nSPS) is 10.6. The van der Waals surface area contributed by atoms with E-state index in [1.165, 1.54) is 0 Å². The summed E-state index contributed by atoms with van der Waals surface area (Å²) in [7, 11) is 1.63. The van der Waals surface area contributed by atoms with Gasteiger partial charge in [0.25, 0.3) is 0 Å². The Balaban J connectivity index is 2.51. The second kappa shape index (κ2) is 5.36. The zero-order chi connectivity index (χ0) is 14.9. The standard InChI is InChI=1S/C15H18N2O3/c1-9-7-12(20-4)5-6-14(9)17-11(3)13(8-15(18)19)10(2)16-17/h5-7H,8H2,1-4H3,(H,18,19). The lowest BCUT2D eigenvalue weighted by Crippen LogP contribution is -2.04. The summed E-state index contributed by atoms with van der Waals surface area (Å²) >= 11 is 0. The number of carboxylic acids is 1. The van der Waals surface area contributed by atoms with Crippen molar-refractivity contribution >= 4 is 5.97 Å². The highest BCUT2D eigenvalue weighted by Crippen LogP contribution is 2.24. The van der Waals surface area contributed by atoms with Crippen LogP contribution in [0.25, 0.3) is 5.69 Å². The van der Waals surface area contributed by atoms with Crippen molar-refractivity contribution in [3.63, 3.8) is 0 Å². The van der Waals surface area contributed by atoms with Gasteiger partial charge in [0.2, 0.25) is 0 Å². The smallest absolute Gasteiger partial charge is 0.307 e. The van der Waals surface area contributed by atoms with Gasteiger partial charge in [-0.3, -0.25) is 4.79 Å². The molecule has 5 nitrogen and oxygen atoms in total. The van der Waals surface area contributed by atoms with Crippen LogP contribution in [0.4, 0.5) is 0 Å². The fraction of sp³-hybridized carbons (Fsp3) is 0.333. The Kier molecular flexibility index (Phi) is 3.79. The molecule has 0 unspecified atom stereocenters. The van der Waals surface area contributed by atoms with Crippen LogP contribution in [0.5, 0.6) is 5.75 Å². The SMILES string of the molecule is COc1ccc(-n2nc(C)c(CC(=O)O)c2C)c(C)c1. The number of carbonyl (C=O) groups is 1. The van der Waals surface area contributed by atoms with E-state index in [4.69, 9.17) is 9.84 Å². The number of hydrogen-bond acceptors (Lipinski definition) is 3. The second-order valence-electron chi connectivity index (χ2n) is 4.78. The minimum atomic E-state index is -0.845. The minimum Gasteiger partial charge on any atom is -0.497 e. The van der Waals surface area contributed by atoms with Gasteiger partial charge in [0, 0.05) is 11.3 Å². The van der Waals surface area contributed by atoms with Crippen molar-refractivity contribution in [1.82, 2.24) is 9.78 Å². The van der Waals surface area contributed by atoms with Crippen LogP contribution >= 0.6 is 0 Å². The lowest BCUT2D eigenvalue weighted by molar-refractivity contribution is -0.136. The van der Waals surface area contributed by atoms with Crippen molar-refractivity contribution in [2.75, 3.05) is 7.11 Å². The van der Waals surface area contributed by atoms with Crippen molar-refractivity contribution < 1.29 is 14.6 Å². The van der Waals surface area contributed by atoms with Gasteiger partial charge in [-0.2, -0.15) is 5.10 Å². The maximum atomic E-state index is 10.9. The van der Waals surface area contributed by atoms with E-state index in [2.05, 4.69) is 5.10 Å². The number of rotatable bonds is 4. The van der Waals surface area contributed by atoms with Crippen molar-refractivity contribution in [3.05, 3.63) is 40.7 Å². The van der Waals surface area contributed by atoms with E-state index in [1.54, 1.807) is 11.8 Å². The van der Waals surface area contributed by atoms with Crippen LogP contribution in [0.3, 0.4) is 0 Å². The largest absolute Gasteiger partial charge is 0.497 e. The Labute approximate surface area is 117 Å². The molecule has 5 heteroatoms. The van der Waals surface area contributed by atoms with Gasteiger partial charge < -0.3 is 9.84 Å². The molecule has 20 heavy (non-hydrogen) atoms. The Morgan fingerprint density at radius 2 is 2.05 bits per heavy atom. The molecule has 2 aromatic rings. The van der Waals surface area contributed by atoms with Gasteiger partial charge in [0.1, 0.15) is 5.75 Å². The highest BCUT2D eigenvalue weighted by Gasteiger charge is 2.16. The van der Waals surface area contributed by atoms with Gasteiger partial charge in [0.15, 0.2) is 0 Å². The predicted octanol–water partition coefficient (Wildman–Crippen LogP) is 2.43. The quantitative estimate of drug-likeness (QED) is 0.930. The molecule has 0 saturated heterocycles. The molecule has 1 N–H and O–H groups in total. The molecule has 0 spiro atoms. The molecule has 0 aliphatic rings. The number of carboxylic acid groups (broad SMARTS) is 1. The number of benzene rings is 1. The third-order valence-electron chi connectivity index (χ3n) is 3.40. The predicted molar refractivity (Wildman–Crippen MR) is 75.7 cm³/mol. The number of aryl methyl sites for hydroxylation is 2. The lowest BCUT2D eigenvalue weighted by atomic mass is 10.1. The van der Waals surface area contributed by atoms with Crippen LogP contribution in [-0.4, -0.2) is 28.0 Å². The first-order valence-corrected chi connectivity index (χ1v) is 6.36. The average Bonchev–Trinajstić information content (AvgIpc) is 2.66. The van der Waals surface area contributed by atoms with Gasteiger partial charge in [-0.1, -0.05) is 0 Å². The number of hydrogen-bond donors (Lipinski definition) is 1. The highest BCUT2D eigenvalue weighted by atomic mass is 16.5. The average molecular weight is 274 g/mol. The Morgan fingerprint density at radius 3 is 2.60 bits per heavy atom. The first-order chi connectivity index (χ1) is 9.43. The van der Waals surface area contributed by atoms with Crippen LogP contribution in [0.15, 0.2) is 18.2 Å². The molecular weight excluding hydrogens is 256 g/mol. The molecule has 0 aliphatic carbocycles. The van der Waals surface area contributed by atoms with Crippen molar-refractivity contribution in [1.29, 1.82) is 0 Å². The van der Waals surface area contributed by atoms with E-state index in [0.29, 0.717) is 0 Å². The second-order valence-corrected chi connectivity index (χ2v) is 4.78. The summed E-state index contributed by atoms with van der Waals surface area (Å²) in [6.07, 6.45) is -0.00707. The van der Waals surface area contributed by atoms with Crippen molar-refractivity contribution in [2.24, 2.45) is 0 Å². The molecule has 0 bridgehead atoms. The molecule has 1 aromatic heterocycles. The zero-order valence-electron chi connectivity index (χ0n) is 12.1. The van der Waals surface area contributed by atoms with Crippen LogP contribution in [0.2, 0.25) is 0 Å². The summed E-state index contributed by atoms with van der Waals surface area (Å²) < 4.78 is 6.98. The van der Waals surface area contributed by atoms with Crippen LogP contribution in [0, 0.1) is 20.8 Å². The van der Waals surface area contributed by atoms with Gasteiger partial charge in [-0.05, 0) is 44.5 Å². The molecular formula is C15H18N2O3. The number of nitrogens with zero attached hydrogens (tertiary/aromatic N) is 2. The van der Waals surface area contributed by atoms with Crippen LogP contribution in [-0.2, 0) is 11.2 Å². The molecule has 1 heterocycles. The first kappa shape index (κ1) is 14.1. The van der Waals surface area contributed by atoms with Crippen LogP contribution in [0.1, 0.15) is 22.5 Å². The van der Waals surface area contributed by atoms with Gasteiger partial charge in [-0.25, -0.2) is 4.68 Å². The van der Waals surface area contributed by atoms with Crippen LogP contribution < -0.4 is 4.74 Å². The fourth-order valence-electron chi connectivity index (χ4n) is 2.31. The maximum absolute atomic E-state index is 10.9. The summed E-state index contributed by atoms with van der Waals surface area (Å²) in [6, 6.07) is 5.73. The number of ether oxygens (including phenoxy) is 1. The minimum absolute atomic E-state index is 0.00707. The third-order valence-corrected chi connectivity index (χ3v) is 3.40. The lowest BCUT2D eigenvalue weighted by Gasteiger charge is -2.10. The summed E-state index contributed by atoms with van der Waals surface area (Å²) in [6.45, 7) is 5.70. The van der Waals surface area contributed by atoms with E-state index in [0.717, 1.165) is 34.0 Å². The van der Waals surface area contributed by atoms with Crippen molar-refractivity contribution in [3.8, 4) is 11.4 Å². The van der Waals surface area contributed by atoms with E-state index < -0.39 is 5.97 Å². The number of aromatic nitrogens is 2. The third kappa shape index (κ3) is 2.52. The zero-order valence-corrected chi connectivity index (χ0v) is 12.1. The Morgan fingerprint density at radius 1 is 1.35 bits per heavy atom. The van der Waals surface area contributed by atoms with Gasteiger partial charge in [-0.15, -0.1) is 0 Å². The molecule has 0 atom stereocenters. The van der Waals surface area contributed by atoms with E-state index in [-0.39, 0.29) is 6.42 Å². The highest BCUT2D eigenvalue weighted by molar-refractivity contribution is 5.71. The number of methoxy groups -OCH3 is 1. The maximum Gasteiger partial charge on any atom is 0.307 e. The van der Waals surface area contributed by atoms with Gasteiger partial charge in [0.05, 0.1) is 24.9 Å². The van der Waals surface area contributed by atoms with E-state index >= 15 is 0 Å². The summed E-state index contributed by atoms with van der Waals surface area (Å²) in [4.78, 5) is 10.9. The summed E-state index contributed by atoms with van der Waals surface area (Å²) in [5.74, 6) is -0.0549. The molecule has 0 aliphatic heterocycles. The summed E-state index contributed by atoms with van der Waals surface area (Å²) in [5.41, 5.74) is 4.34. The Hall–Kier alpha value is -2.30. The fourth-order valence-corrected chi connectivity index (χ4v) is 2.31. The molecule has 106 valence electrons. The van der Waals surface area contributed by atoms with Crippen molar-refractivity contribution in [2.45, 2.75) is 27.2 Å². The number of aliphatic carboxylic acids is 1. The molecule has 2 rings (SSSR count). The molecule has 0 fully saturated rings. The Bertz CT molecular complexity index is 659. The first-order valence-electron chi connectivity index (χ1n) is 6.36. The topological polar surface area (TPSA) is 64.4 Å². The molecule has 0 amide bonds. The molecule has 0 saturated carbocycles. The monoisotopic (exact) mass is 274 g/mol. The molecule has 1 aromatic carbocycles. The summed E-state index contributed by atoms with van der Waals surface area (Å²) in [5, 5.41) is 13.4. The van der Waals surface area contributed by atoms with E-state index in [1.807, 2.05) is 39.0 Å². The van der Waals surface area contributed by atoms with E-state index in [9.17, 15) is 4.79 Å². The molecule has 0 radical (unpaired) electrons. The van der Waals surface area contributed by atoms with Gasteiger partial charge >= 0.3 is 5.97 Å².